The minimum Gasteiger partial charge on any atom is -0.388 e. The Morgan fingerprint density at radius 1 is 1.35 bits per heavy atom. The van der Waals surface area contributed by atoms with Crippen LogP contribution in [0.2, 0.25) is 0 Å². The number of aliphatic hydroxyl groups is 1. The highest BCUT2D eigenvalue weighted by Crippen LogP contribution is 2.38. The molecule has 4 nitrogen and oxygen atoms in total. The van der Waals surface area contributed by atoms with Crippen molar-refractivity contribution in [2.45, 2.75) is 23.7 Å². The van der Waals surface area contributed by atoms with Gasteiger partial charge in [-0.1, -0.05) is 23.8 Å². The molecule has 0 fully saturated rings. The first kappa shape index (κ1) is 13.6. The first-order valence-electron chi connectivity index (χ1n) is 6.35. The summed E-state index contributed by atoms with van der Waals surface area (Å²) in [4.78, 5) is 0. The maximum absolute atomic E-state index is 12.7. The number of aliphatic hydroxyl groups excluding tert-OH is 1. The van der Waals surface area contributed by atoms with Gasteiger partial charge in [-0.05, 0) is 30.9 Å². The number of aryl methyl sites for hydroxylation is 1. The Bertz CT molecular complexity index is 723. The van der Waals surface area contributed by atoms with Crippen molar-refractivity contribution in [2.75, 3.05) is 10.8 Å². The van der Waals surface area contributed by atoms with E-state index in [2.05, 4.69) is 0 Å². The second kappa shape index (κ2) is 4.87. The Hall–Kier alpha value is -1.37. The number of anilines is 1. The van der Waals surface area contributed by atoms with Crippen molar-refractivity contribution < 1.29 is 13.5 Å². The van der Waals surface area contributed by atoms with Crippen molar-refractivity contribution in [3.63, 3.8) is 0 Å². The third-order valence-corrected chi connectivity index (χ3v) is 6.64. The fourth-order valence-corrected chi connectivity index (χ4v) is 5.06. The summed E-state index contributed by atoms with van der Waals surface area (Å²) in [6, 6.07) is 8.84. The summed E-state index contributed by atoms with van der Waals surface area (Å²) < 4.78 is 27.1. The molecule has 20 heavy (non-hydrogen) atoms. The van der Waals surface area contributed by atoms with E-state index in [1.807, 2.05) is 19.1 Å². The van der Waals surface area contributed by atoms with Gasteiger partial charge in [-0.3, -0.25) is 4.31 Å². The van der Waals surface area contributed by atoms with Crippen LogP contribution in [-0.2, 0) is 10.0 Å². The molecule has 1 aliphatic heterocycles. The van der Waals surface area contributed by atoms with Crippen LogP contribution >= 0.6 is 11.3 Å². The van der Waals surface area contributed by atoms with Crippen LogP contribution in [0.4, 0.5) is 5.69 Å². The first-order chi connectivity index (χ1) is 9.50. The normalized spacial score (nSPS) is 18.9. The zero-order valence-corrected chi connectivity index (χ0v) is 12.6. The molecule has 0 spiro atoms. The van der Waals surface area contributed by atoms with Gasteiger partial charge in [0.25, 0.3) is 10.0 Å². The van der Waals surface area contributed by atoms with Crippen LogP contribution in [0.3, 0.4) is 0 Å². The number of benzene rings is 1. The van der Waals surface area contributed by atoms with E-state index in [1.165, 1.54) is 15.6 Å². The number of sulfonamides is 1. The number of nitrogens with zero attached hydrogens (tertiary/aromatic N) is 1. The predicted octanol–water partition coefficient (Wildman–Crippen LogP) is 2.69. The zero-order valence-electron chi connectivity index (χ0n) is 11.0. The molecule has 1 unspecified atom stereocenters. The van der Waals surface area contributed by atoms with Gasteiger partial charge in [0.15, 0.2) is 0 Å². The van der Waals surface area contributed by atoms with Gasteiger partial charge in [-0.2, -0.15) is 0 Å². The monoisotopic (exact) mass is 309 g/mol. The molecule has 0 aliphatic carbocycles. The lowest BCUT2D eigenvalue weighted by Gasteiger charge is -2.32. The molecule has 106 valence electrons. The summed E-state index contributed by atoms with van der Waals surface area (Å²) in [6.45, 7) is 2.23. The quantitative estimate of drug-likeness (QED) is 0.928. The van der Waals surface area contributed by atoms with E-state index in [9.17, 15) is 13.5 Å². The Morgan fingerprint density at radius 2 is 2.15 bits per heavy atom. The van der Waals surface area contributed by atoms with Gasteiger partial charge in [-0.25, -0.2) is 8.42 Å². The average molecular weight is 309 g/mol. The van der Waals surface area contributed by atoms with Crippen LogP contribution in [0.5, 0.6) is 0 Å². The molecule has 1 aliphatic rings. The van der Waals surface area contributed by atoms with Crippen LogP contribution in [0.1, 0.15) is 23.7 Å². The molecule has 0 radical (unpaired) electrons. The molecular weight excluding hydrogens is 294 g/mol. The van der Waals surface area contributed by atoms with Gasteiger partial charge in [0.05, 0.1) is 11.8 Å². The van der Waals surface area contributed by atoms with E-state index in [0.29, 0.717) is 28.4 Å². The molecule has 0 amide bonds. The first-order valence-corrected chi connectivity index (χ1v) is 8.67. The standard InChI is InChI=1S/C14H15NO3S2/c1-10-4-5-12-11(9-10)13(16)6-7-15(12)20(17,18)14-3-2-8-19-14/h2-5,8-9,13,16H,6-7H2,1H3. The molecule has 2 heterocycles. The molecule has 0 bridgehead atoms. The van der Waals surface area contributed by atoms with E-state index in [-0.39, 0.29) is 0 Å². The molecule has 2 aromatic rings. The van der Waals surface area contributed by atoms with Crippen LogP contribution in [0.25, 0.3) is 0 Å². The Balaban J connectivity index is 2.12. The molecule has 1 aromatic carbocycles. The van der Waals surface area contributed by atoms with Crippen LogP contribution in [-0.4, -0.2) is 20.1 Å². The summed E-state index contributed by atoms with van der Waals surface area (Å²) in [6.07, 6.45) is -0.180. The largest absolute Gasteiger partial charge is 0.388 e. The third-order valence-electron chi connectivity index (χ3n) is 3.46. The van der Waals surface area contributed by atoms with E-state index in [0.717, 1.165) is 5.56 Å². The van der Waals surface area contributed by atoms with Gasteiger partial charge in [0, 0.05) is 12.1 Å². The van der Waals surface area contributed by atoms with Crippen molar-refractivity contribution in [1.29, 1.82) is 0 Å². The Labute approximate surface area is 122 Å². The van der Waals surface area contributed by atoms with Gasteiger partial charge in [0.2, 0.25) is 0 Å². The molecule has 0 saturated carbocycles. The third kappa shape index (κ3) is 2.13. The van der Waals surface area contributed by atoms with Gasteiger partial charge < -0.3 is 5.11 Å². The average Bonchev–Trinajstić information content (AvgIpc) is 2.94. The zero-order chi connectivity index (χ0) is 14.3. The minimum absolute atomic E-state index is 0.303. The number of hydrogen-bond acceptors (Lipinski definition) is 4. The van der Waals surface area contributed by atoms with Crippen LogP contribution < -0.4 is 4.31 Å². The summed E-state index contributed by atoms with van der Waals surface area (Å²) >= 11 is 1.21. The molecule has 0 saturated heterocycles. The van der Waals surface area contributed by atoms with Crippen LogP contribution in [0.15, 0.2) is 39.9 Å². The lowest BCUT2D eigenvalue weighted by atomic mass is 9.99. The predicted molar refractivity (Wildman–Crippen MR) is 79.6 cm³/mol. The van der Waals surface area contributed by atoms with Crippen molar-refractivity contribution in [2.24, 2.45) is 0 Å². The highest BCUT2D eigenvalue weighted by molar-refractivity contribution is 7.94. The molecule has 1 atom stereocenters. The van der Waals surface area contributed by atoms with Gasteiger partial charge >= 0.3 is 0 Å². The smallest absolute Gasteiger partial charge is 0.273 e. The molecule has 6 heteroatoms. The molecule has 1 N–H and O–H groups in total. The molecular formula is C14H15NO3S2. The summed E-state index contributed by atoms with van der Waals surface area (Å²) in [5.41, 5.74) is 2.29. The number of hydrogen-bond donors (Lipinski definition) is 1. The van der Waals surface area contributed by atoms with E-state index in [1.54, 1.807) is 23.6 Å². The Morgan fingerprint density at radius 3 is 2.85 bits per heavy atom. The molecule has 1 aromatic heterocycles. The number of rotatable bonds is 2. The Kier molecular flexibility index (Phi) is 3.32. The van der Waals surface area contributed by atoms with Gasteiger partial charge in [0.1, 0.15) is 4.21 Å². The van der Waals surface area contributed by atoms with Crippen molar-refractivity contribution >= 4 is 27.0 Å². The van der Waals surface area contributed by atoms with Crippen molar-refractivity contribution in [3.05, 3.63) is 46.8 Å². The summed E-state index contributed by atoms with van der Waals surface area (Å²) in [7, 11) is -3.53. The van der Waals surface area contributed by atoms with Gasteiger partial charge in [-0.15, -0.1) is 11.3 Å². The highest BCUT2D eigenvalue weighted by Gasteiger charge is 2.32. The van der Waals surface area contributed by atoms with Crippen molar-refractivity contribution in [1.82, 2.24) is 0 Å². The fraction of sp³-hybridized carbons (Fsp3) is 0.286. The van der Waals surface area contributed by atoms with E-state index >= 15 is 0 Å². The SMILES string of the molecule is Cc1ccc2c(c1)C(O)CCN2S(=O)(=O)c1cccs1. The lowest BCUT2D eigenvalue weighted by molar-refractivity contribution is 0.166. The van der Waals surface area contributed by atoms with Crippen LogP contribution in [0, 0.1) is 6.92 Å². The minimum atomic E-state index is -3.53. The maximum atomic E-state index is 12.7. The van der Waals surface area contributed by atoms with E-state index in [4.69, 9.17) is 0 Å². The number of fused-ring (bicyclic) bond motifs is 1. The second-order valence-electron chi connectivity index (χ2n) is 4.88. The lowest BCUT2D eigenvalue weighted by Crippen LogP contribution is -2.36. The summed E-state index contributed by atoms with van der Waals surface area (Å²) in [5, 5.41) is 11.8. The highest BCUT2D eigenvalue weighted by atomic mass is 32.2. The number of thiophene rings is 1. The second-order valence-corrected chi connectivity index (χ2v) is 7.91. The summed E-state index contributed by atoms with van der Waals surface area (Å²) in [5.74, 6) is 0. The fourth-order valence-electron chi connectivity index (χ4n) is 2.45. The topological polar surface area (TPSA) is 57.6 Å². The molecule has 3 rings (SSSR count). The van der Waals surface area contributed by atoms with Crippen molar-refractivity contribution in [3.8, 4) is 0 Å². The maximum Gasteiger partial charge on any atom is 0.273 e. The van der Waals surface area contributed by atoms with E-state index < -0.39 is 16.1 Å².